The zero-order chi connectivity index (χ0) is 9.84. The summed E-state index contributed by atoms with van der Waals surface area (Å²) in [7, 11) is 0. The van der Waals surface area contributed by atoms with Crippen LogP contribution in [0.4, 0.5) is 0 Å². The van der Waals surface area contributed by atoms with Crippen LogP contribution < -0.4 is 5.73 Å². The molecule has 1 amide bonds. The molecule has 2 nitrogen and oxygen atoms in total. The average Bonchev–Trinajstić information content (AvgIpc) is 2.16. The normalized spacial score (nSPS) is 8.67. The third-order valence-electron chi connectivity index (χ3n) is 2.27. The molecule has 0 spiro atoms. The molecule has 0 radical (unpaired) electrons. The van der Waals surface area contributed by atoms with Crippen molar-refractivity contribution < 1.29 is 4.79 Å². The van der Waals surface area contributed by atoms with Gasteiger partial charge in [-0.1, -0.05) is 26.0 Å². The second-order valence-corrected chi connectivity index (χ2v) is 3.01. The number of primary amides is 1. The number of benzene rings is 1. The van der Waals surface area contributed by atoms with Crippen LogP contribution in [0.1, 0.15) is 35.3 Å². The first-order chi connectivity index (χ1) is 6.20. The lowest BCUT2D eigenvalue weighted by Crippen LogP contribution is -2.14. The van der Waals surface area contributed by atoms with Crippen molar-refractivity contribution in [1.82, 2.24) is 0 Å². The number of carbonyl (C=O) groups excluding carboxylic acids is 1. The molecule has 0 aliphatic carbocycles. The van der Waals surface area contributed by atoms with E-state index in [1.54, 1.807) is 6.07 Å². The van der Waals surface area contributed by atoms with E-state index in [-0.39, 0.29) is 30.7 Å². The lowest BCUT2D eigenvalue weighted by atomic mass is 9.97. The molecule has 0 aliphatic rings. The van der Waals surface area contributed by atoms with Gasteiger partial charge in [0.25, 0.3) is 0 Å². The minimum atomic E-state index is -0.327. The van der Waals surface area contributed by atoms with Crippen LogP contribution in [0, 0.1) is 0 Å². The van der Waals surface area contributed by atoms with Gasteiger partial charge >= 0.3 is 0 Å². The smallest absolute Gasteiger partial charge is 0.248 e. The highest BCUT2D eigenvalue weighted by Gasteiger charge is 2.08. The molecule has 0 heterocycles. The topological polar surface area (TPSA) is 43.1 Å². The first-order valence-electron chi connectivity index (χ1n) is 4.61. The highest BCUT2D eigenvalue weighted by molar-refractivity contribution is 5.94. The summed E-state index contributed by atoms with van der Waals surface area (Å²) < 4.78 is 0. The third-order valence-corrected chi connectivity index (χ3v) is 2.27. The maximum atomic E-state index is 11.1. The van der Waals surface area contributed by atoms with Crippen molar-refractivity contribution in [2.45, 2.75) is 26.7 Å². The van der Waals surface area contributed by atoms with Gasteiger partial charge in [0.15, 0.2) is 0 Å². The largest absolute Gasteiger partial charge is 0.366 e. The molecular weight excluding hydrogens is 233 g/mol. The second kappa shape index (κ2) is 7.55. The van der Waals surface area contributed by atoms with Gasteiger partial charge in [-0.05, 0) is 30.0 Å². The van der Waals surface area contributed by atoms with E-state index in [4.69, 9.17) is 5.73 Å². The summed E-state index contributed by atoms with van der Waals surface area (Å²) in [6.07, 6.45) is 1.81. The van der Waals surface area contributed by atoms with Gasteiger partial charge in [0.2, 0.25) is 5.91 Å². The molecule has 0 atom stereocenters. The summed E-state index contributed by atoms with van der Waals surface area (Å²) in [6.45, 7) is 4.13. The van der Waals surface area contributed by atoms with Crippen molar-refractivity contribution in [3.05, 3.63) is 34.9 Å². The fourth-order valence-corrected chi connectivity index (χ4v) is 1.61. The molecule has 4 heteroatoms. The van der Waals surface area contributed by atoms with Crippen LogP contribution in [0.5, 0.6) is 0 Å². The summed E-state index contributed by atoms with van der Waals surface area (Å²) in [5.74, 6) is -0.327. The number of aryl methyl sites for hydroxylation is 1. The standard InChI is InChI=1S/C11H15NO.2ClH/c1-3-8-6-5-7-10(11(12)13)9(8)4-2;;/h5-7H,3-4H2,1-2H3,(H2,12,13);2*1H. The Morgan fingerprint density at radius 3 is 2.20 bits per heavy atom. The molecule has 0 aromatic heterocycles. The first kappa shape index (κ1) is 16.7. The highest BCUT2D eigenvalue weighted by Crippen LogP contribution is 2.15. The predicted octanol–water partition coefficient (Wildman–Crippen LogP) is 2.75. The van der Waals surface area contributed by atoms with E-state index in [1.165, 1.54) is 5.56 Å². The molecule has 0 aliphatic heterocycles. The Hall–Kier alpha value is -0.730. The van der Waals surface area contributed by atoms with E-state index in [2.05, 4.69) is 6.92 Å². The van der Waals surface area contributed by atoms with Gasteiger partial charge in [-0.15, -0.1) is 24.8 Å². The second-order valence-electron chi connectivity index (χ2n) is 3.01. The molecule has 1 aromatic rings. The Balaban J connectivity index is 0. The Bertz CT molecular complexity index is 326. The lowest BCUT2D eigenvalue weighted by molar-refractivity contribution is 0.0999. The van der Waals surface area contributed by atoms with Crippen LogP contribution in [-0.4, -0.2) is 5.91 Å². The van der Waals surface area contributed by atoms with Crippen molar-refractivity contribution in [3.63, 3.8) is 0 Å². The van der Waals surface area contributed by atoms with Crippen LogP contribution in [0.15, 0.2) is 18.2 Å². The predicted molar refractivity (Wildman–Crippen MR) is 68.2 cm³/mol. The van der Waals surface area contributed by atoms with Crippen LogP contribution in [0.2, 0.25) is 0 Å². The SMILES string of the molecule is CCc1cccc(C(N)=O)c1CC.Cl.Cl. The molecular formula is C11H17Cl2NO. The molecule has 1 aromatic carbocycles. The molecule has 15 heavy (non-hydrogen) atoms. The monoisotopic (exact) mass is 249 g/mol. The zero-order valence-electron chi connectivity index (χ0n) is 8.95. The maximum absolute atomic E-state index is 11.1. The Kier molecular flexibility index (Phi) is 8.40. The van der Waals surface area contributed by atoms with Gasteiger partial charge in [0.1, 0.15) is 0 Å². The Labute approximate surface area is 103 Å². The number of halogens is 2. The quantitative estimate of drug-likeness (QED) is 0.880. The van der Waals surface area contributed by atoms with Gasteiger partial charge in [-0.25, -0.2) is 0 Å². The highest BCUT2D eigenvalue weighted by atomic mass is 35.5. The lowest BCUT2D eigenvalue weighted by Gasteiger charge is -2.09. The molecule has 0 saturated carbocycles. The van der Waals surface area contributed by atoms with Crippen molar-refractivity contribution in [2.75, 3.05) is 0 Å². The number of hydrogen-bond donors (Lipinski definition) is 1. The minimum absolute atomic E-state index is 0. The summed E-state index contributed by atoms with van der Waals surface area (Å²) in [5.41, 5.74) is 8.26. The molecule has 86 valence electrons. The summed E-state index contributed by atoms with van der Waals surface area (Å²) in [5, 5.41) is 0. The molecule has 1 rings (SSSR count). The van der Waals surface area contributed by atoms with Crippen LogP contribution in [0.25, 0.3) is 0 Å². The number of hydrogen-bond acceptors (Lipinski definition) is 1. The van der Waals surface area contributed by atoms with Crippen molar-refractivity contribution >= 4 is 30.7 Å². The fraction of sp³-hybridized carbons (Fsp3) is 0.364. The number of carbonyl (C=O) groups is 1. The number of rotatable bonds is 3. The van der Waals surface area contributed by atoms with Crippen LogP contribution in [0.3, 0.4) is 0 Å². The van der Waals surface area contributed by atoms with Crippen molar-refractivity contribution in [1.29, 1.82) is 0 Å². The van der Waals surface area contributed by atoms with E-state index in [0.29, 0.717) is 5.56 Å². The Morgan fingerprint density at radius 2 is 1.80 bits per heavy atom. The average molecular weight is 250 g/mol. The van der Waals surface area contributed by atoms with E-state index >= 15 is 0 Å². The molecule has 0 unspecified atom stereocenters. The summed E-state index contributed by atoms with van der Waals surface area (Å²) in [4.78, 5) is 11.1. The Morgan fingerprint density at radius 1 is 1.20 bits per heavy atom. The van der Waals surface area contributed by atoms with Crippen LogP contribution >= 0.6 is 24.8 Å². The maximum Gasteiger partial charge on any atom is 0.248 e. The molecule has 0 bridgehead atoms. The van der Waals surface area contributed by atoms with E-state index in [1.807, 2.05) is 19.1 Å². The molecule has 0 saturated heterocycles. The van der Waals surface area contributed by atoms with Crippen molar-refractivity contribution in [2.24, 2.45) is 5.73 Å². The van der Waals surface area contributed by atoms with Crippen LogP contribution in [-0.2, 0) is 12.8 Å². The summed E-state index contributed by atoms with van der Waals surface area (Å²) in [6, 6.07) is 5.73. The van der Waals surface area contributed by atoms with Crippen molar-refractivity contribution in [3.8, 4) is 0 Å². The van der Waals surface area contributed by atoms with Gasteiger partial charge in [-0.3, -0.25) is 4.79 Å². The van der Waals surface area contributed by atoms with Gasteiger partial charge < -0.3 is 5.73 Å². The third kappa shape index (κ3) is 3.73. The molecule has 2 N–H and O–H groups in total. The van der Waals surface area contributed by atoms with E-state index < -0.39 is 0 Å². The van der Waals surface area contributed by atoms with Gasteiger partial charge in [0, 0.05) is 5.56 Å². The number of amides is 1. The van der Waals surface area contributed by atoms with Gasteiger partial charge in [0.05, 0.1) is 0 Å². The van der Waals surface area contributed by atoms with E-state index in [9.17, 15) is 4.79 Å². The minimum Gasteiger partial charge on any atom is -0.366 e. The van der Waals surface area contributed by atoms with E-state index in [0.717, 1.165) is 18.4 Å². The number of nitrogens with two attached hydrogens (primary N) is 1. The molecule has 0 fully saturated rings. The first-order valence-corrected chi connectivity index (χ1v) is 4.61. The fourth-order valence-electron chi connectivity index (χ4n) is 1.61. The zero-order valence-corrected chi connectivity index (χ0v) is 10.6. The summed E-state index contributed by atoms with van der Waals surface area (Å²) >= 11 is 0. The van der Waals surface area contributed by atoms with Gasteiger partial charge in [-0.2, -0.15) is 0 Å².